The molecule has 0 aliphatic carbocycles. The summed E-state index contributed by atoms with van der Waals surface area (Å²) >= 11 is 0. The fraction of sp³-hybridized carbons (Fsp3) is 0.667. The standard InChI is InChI=1S/C12H22O/c1-5-11(6-2)9-13-10-12(7-3)8-4/h5,7H,6,8-10H2,1-4H3. The van der Waals surface area contributed by atoms with E-state index in [1.54, 1.807) is 0 Å². The van der Waals surface area contributed by atoms with Gasteiger partial charge in [0.2, 0.25) is 0 Å². The Bertz CT molecular complexity index is 158. The molecule has 1 nitrogen and oxygen atoms in total. The van der Waals surface area contributed by atoms with Crippen LogP contribution in [0.1, 0.15) is 40.5 Å². The SMILES string of the molecule is CC=C(CC)COCC(=CC)CC. The van der Waals surface area contributed by atoms with Crippen molar-refractivity contribution in [3.8, 4) is 0 Å². The van der Waals surface area contributed by atoms with Crippen molar-refractivity contribution in [3.63, 3.8) is 0 Å². The van der Waals surface area contributed by atoms with Gasteiger partial charge in [0.25, 0.3) is 0 Å². The van der Waals surface area contributed by atoms with E-state index in [2.05, 4.69) is 39.8 Å². The Balaban J connectivity index is 3.66. The molecular formula is C12H22O. The van der Waals surface area contributed by atoms with Crippen LogP contribution >= 0.6 is 0 Å². The van der Waals surface area contributed by atoms with Crippen LogP contribution in [-0.4, -0.2) is 13.2 Å². The molecular weight excluding hydrogens is 160 g/mol. The van der Waals surface area contributed by atoms with Crippen LogP contribution in [0.25, 0.3) is 0 Å². The molecule has 0 spiro atoms. The summed E-state index contributed by atoms with van der Waals surface area (Å²) in [6, 6.07) is 0. The molecule has 76 valence electrons. The summed E-state index contributed by atoms with van der Waals surface area (Å²) < 4.78 is 5.58. The number of hydrogen-bond donors (Lipinski definition) is 0. The molecule has 0 N–H and O–H groups in total. The van der Waals surface area contributed by atoms with Gasteiger partial charge in [0.05, 0.1) is 13.2 Å². The smallest absolute Gasteiger partial charge is 0.0681 e. The second-order valence-corrected chi connectivity index (χ2v) is 3.09. The van der Waals surface area contributed by atoms with Gasteiger partial charge >= 0.3 is 0 Å². The first-order valence-corrected chi connectivity index (χ1v) is 5.14. The summed E-state index contributed by atoms with van der Waals surface area (Å²) in [5.41, 5.74) is 2.76. The molecule has 0 atom stereocenters. The molecule has 0 aromatic rings. The highest BCUT2D eigenvalue weighted by atomic mass is 16.5. The summed E-state index contributed by atoms with van der Waals surface area (Å²) in [5, 5.41) is 0. The molecule has 0 radical (unpaired) electrons. The molecule has 1 heteroatoms. The van der Waals surface area contributed by atoms with Crippen molar-refractivity contribution in [2.75, 3.05) is 13.2 Å². The molecule has 0 aromatic heterocycles. The molecule has 0 aliphatic rings. The Morgan fingerprint density at radius 3 is 1.54 bits per heavy atom. The predicted molar refractivity (Wildman–Crippen MR) is 58.9 cm³/mol. The van der Waals surface area contributed by atoms with Gasteiger partial charge in [-0.05, 0) is 37.8 Å². The molecule has 0 aliphatic heterocycles. The van der Waals surface area contributed by atoms with E-state index in [-0.39, 0.29) is 0 Å². The Labute approximate surface area is 82.5 Å². The van der Waals surface area contributed by atoms with Crippen LogP contribution in [0, 0.1) is 0 Å². The van der Waals surface area contributed by atoms with E-state index >= 15 is 0 Å². The largest absolute Gasteiger partial charge is 0.373 e. The van der Waals surface area contributed by atoms with Crippen LogP contribution < -0.4 is 0 Å². The zero-order chi connectivity index (χ0) is 10.1. The summed E-state index contributed by atoms with van der Waals surface area (Å²) in [6.45, 7) is 10.0. The first kappa shape index (κ1) is 12.4. The fourth-order valence-corrected chi connectivity index (χ4v) is 1.09. The van der Waals surface area contributed by atoms with E-state index in [1.807, 2.05) is 0 Å². The van der Waals surface area contributed by atoms with E-state index in [9.17, 15) is 0 Å². The second-order valence-electron chi connectivity index (χ2n) is 3.09. The van der Waals surface area contributed by atoms with Crippen LogP contribution in [-0.2, 0) is 4.74 Å². The lowest BCUT2D eigenvalue weighted by Crippen LogP contribution is -2.01. The molecule has 0 amide bonds. The Morgan fingerprint density at radius 1 is 0.923 bits per heavy atom. The van der Waals surface area contributed by atoms with E-state index < -0.39 is 0 Å². The molecule has 0 saturated heterocycles. The molecule has 0 fully saturated rings. The maximum absolute atomic E-state index is 5.58. The molecule has 0 aromatic carbocycles. The van der Waals surface area contributed by atoms with Gasteiger partial charge in [0.15, 0.2) is 0 Å². The van der Waals surface area contributed by atoms with Crippen molar-refractivity contribution in [2.24, 2.45) is 0 Å². The van der Waals surface area contributed by atoms with Gasteiger partial charge in [0.1, 0.15) is 0 Å². The maximum atomic E-state index is 5.58. The minimum absolute atomic E-state index is 0.782. The monoisotopic (exact) mass is 182 g/mol. The molecule has 0 heterocycles. The summed E-state index contributed by atoms with van der Waals surface area (Å²) in [5.74, 6) is 0. The van der Waals surface area contributed by atoms with Gasteiger partial charge in [-0.1, -0.05) is 26.0 Å². The number of hydrogen-bond acceptors (Lipinski definition) is 1. The molecule has 13 heavy (non-hydrogen) atoms. The number of allylic oxidation sites excluding steroid dienone is 2. The fourth-order valence-electron chi connectivity index (χ4n) is 1.09. The van der Waals surface area contributed by atoms with Gasteiger partial charge in [0, 0.05) is 0 Å². The molecule has 0 saturated carbocycles. The Kier molecular flexibility index (Phi) is 7.71. The van der Waals surface area contributed by atoms with Crippen molar-refractivity contribution >= 4 is 0 Å². The number of ether oxygens (including phenoxy) is 1. The van der Waals surface area contributed by atoms with E-state index in [0.29, 0.717) is 0 Å². The van der Waals surface area contributed by atoms with Crippen molar-refractivity contribution < 1.29 is 4.74 Å². The van der Waals surface area contributed by atoms with Crippen molar-refractivity contribution in [2.45, 2.75) is 40.5 Å². The van der Waals surface area contributed by atoms with Crippen LogP contribution in [0.15, 0.2) is 23.3 Å². The summed E-state index contributed by atoms with van der Waals surface area (Å²) in [4.78, 5) is 0. The van der Waals surface area contributed by atoms with E-state index in [1.165, 1.54) is 11.1 Å². The van der Waals surface area contributed by atoms with Gasteiger partial charge < -0.3 is 4.74 Å². The van der Waals surface area contributed by atoms with E-state index in [0.717, 1.165) is 26.1 Å². The summed E-state index contributed by atoms with van der Waals surface area (Å²) in [6.07, 6.45) is 6.46. The van der Waals surface area contributed by atoms with Crippen LogP contribution in [0.3, 0.4) is 0 Å². The first-order valence-electron chi connectivity index (χ1n) is 5.14. The normalized spacial score (nSPS) is 13.5. The average molecular weight is 182 g/mol. The van der Waals surface area contributed by atoms with Gasteiger partial charge in [-0.25, -0.2) is 0 Å². The van der Waals surface area contributed by atoms with Crippen molar-refractivity contribution in [1.29, 1.82) is 0 Å². The lowest BCUT2D eigenvalue weighted by molar-refractivity contribution is 0.176. The zero-order valence-electron chi connectivity index (χ0n) is 9.39. The third-order valence-corrected chi connectivity index (χ3v) is 2.30. The topological polar surface area (TPSA) is 9.23 Å². The Morgan fingerprint density at radius 2 is 1.31 bits per heavy atom. The van der Waals surface area contributed by atoms with E-state index in [4.69, 9.17) is 4.74 Å². The third kappa shape index (κ3) is 5.64. The minimum Gasteiger partial charge on any atom is -0.373 e. The lowest BCUT2D eigenvalue weighted by atomic mass is 10.2. The average Bonchev–Trinajstić information content (AvgIpc) is 2.19. The summed E-state index contributed by atoms with van der Waals surface area (Å²) in [7, 11) is 0. The second kappa shape index (κ2) is 8.06. The van der Waals surface area contributed by atoms with Crippen molar-refractivity contribution in [3.05, 3.63) is 23.3 Å². The van der Waals surface area contributed by atoms with Crippen LogP contribution in [0.4, 0.5) is 0 Å². The first-order chi connectivity index (χ1) is 6.28. The molecule has 0 rings (SSSR count). The zero-order valence-corrected chi connectivity index (χ0v) is 9.39. The highest BCUT2D eigenvalue weighted by Crippen LogP contribution is 2.04. The Hall–Kier alpha value is -0.560. The predicted octanol–water partition coefficient (Wildman–Crippen LogP) is 3.72. The third-order valence-electron chi connectivity index (χ3n) is 2.30. The highest BCUT2D eigenvalue weighted by Gasteiger charge is 1.95. The molecule has 0 unspecified atom stereocenters. The number of rotatable bonds is 6. The van der Waals surface area contributed by atoms with Crippen molar-refractivity contribution in [1.82, 2.24) is 0 Å². The van der Waals surface area contributed by atoms with Gasteiger partial charge in [-0.15, -0.1) is 0 Å². The van der Waals surface area contributed by atoms with Gasteiger partial charge in [-0.3, -0.25) is 0 Å². The minimum atomic E-state index is 0.782. The molecule has 0 bridgehead atoms. The lowest BCUT2D eigenvalue weighted by Gasteiger charge is -2.07. The van der Waals surface area contributed by atoms with Crippen LogP contribution in [0.5, 0.6) is 0 Å². The van der Waals surface area contributed by atoms with Crippen LogP contribution in [0.2, 0.25) is 0 Å². The highest BCUT2D eigenvalue weighted by molar-refractivity contribution is 5.02. The quantitative estimate of drug-likeness (QED) is 0.569. The van der Waals surface area contributed by atoms with Gasteiger partial charge in [-0.2, -0.15) is 0 Å². The maximum Gasteiger partial charge on any atom is 0.0681 e.